The van der Waals surface area contributed by atoms with Gasteiger partial charge in [0.05, 0.1) is 17.3 Å². The molecule has 0 fully saturated rings. The summed E-state index contributed by atoms with van der Waals surface area (Å²) in [4.78, 5) is 12.2. The molecule has 110 valence electrons. The number of phenols is 1. The molecule has 2 aromatic rings. The predicted molar refractivity (Wildman–Crippen MR) is 76.5 cm³/mol. The Labute approximate surface area is 120 Å². The van der Waals surface area contributed by atoms with Gasteiger partial charge in [0.25, 0.3) is 5.91 Å². The summed E-state index contributed by atoms with van der Waals surface area (Å²) in [6.07, 6.45) is 1.36. The minimum absolute atomic E-state index is 0.0949. The number of benzene rings is 1. The van der Waals surface area contributed by atoms with Crippen molar-refractivity contribution in [3.63, 3.8) is 0 Å². The van der Waals surface area contributed by atoms with E-state index in [0.717, 1.165) is 0 Å². The monoisotopic (exact) mass is 289 g/mol. The van der Waals surface area contributed by atoms with Crippen LogP contribution in [0, 0.1) is 6.92 Å². The molecule has 21 heavy (non-hydrogen) atoms. The maximum atomic E-state index is 12.2. The van der Waals surface area contributed by atoms with Crippen molar-refractivity contribution in [3.05, 3.63) is 41.1 Å². The summed E-state index contributed by atoms with van der Waals surface area (Å²) in [6.45, 7) is 1.69. The summed E-state index contributed by atoms with van der Waals surface area (Å²) >= 11 is 0. The molecule has 1 heterocycles. The Bertz CT molecular complexity index is 721. The molecule has 0 bridgehead atoms. The minimum Gasteiger partial charge on any atom is -0.507 e. The number of nitrogens with zero attached hydrogens (tertiary/aromatic N) is 3. The quantitative estimate of drug-likeness (QED) is 0.287. The van der Waals surface area contributed by atoms with Crippen molar-refractivity contribution in [2.24, 2.45) is 17.9 Å². The maximum Gasteiger partial charge on any atom is 0.260 e. The van der Waals surface area contributed by atoms with Crippen LogP contribution >= 0.6 is 0 Å². The van der Waals surface area contributed by atoms with Gasteiger partial charge in [-0.25, -0.2) is 0 Å². The predicted octanol–water partition coefficient (Wildman–Crippen LogP) is 0.781. The van der Waals surface area contributed by atoms with Crippen molar-refractivity contribution < 1.29 is 15.1 Å². The zero-order valence-corrected chi connectivity index (χ0v) is 11.5. The molecule has 0 saturated heterocycles. The molecule has 1 aromatic carbocycles. The zero-order chi connectivity index (χ0) is 15.6. The number of hydrogen-bond donors (Lipinski definition) is 4. The van der Waals surface area contributed by atoms with E-state index >= 15 is 0 Å². The van der Waals surface area contributed by atoms with E-state index in [1.54, 1.807) is 26.1 Å². The first-order valence-electron chi connectivity index (χ1n) is 6.05. The van der Waals surface area contributed by atoms with Crippen molar-refractivity contribution in [2.75, 3.05) is 5.32 Å². The topological polar surface area (TPSA) is 126 Å². The van der Waals surface area contributed by atoms with Gasteiger partial charge in [-0.05, 0) is 18.6 Å². The number of phenolic OH excluding ortho intramolecular Hbond substituents is 1. The number of nitrogens with one attached hydrogen (secondary N) is 1. The molecule has 0 saturated carbocycles. The van der Waals surface area contributed by atoms with Gasteiger partial charge in [-0.2, -0.15) is 5.10 Å². The Morgan fingerprint density at radius 3 is 2.81 bits per heavy atom. The van der Waals surface area contributed by atoms with Crippen LogP contribution < -0.4 is 11.1 Å². The molecule has 0 spiro atoms. The highest BCUT2D eigenvalue weighted by atomic mass is 16.4. The Balaban J connectivity index is 2.37. The van der Waals surface area contributed by atoms with E-state index in [9.17, 15) is 9.90 Å². The molecule has 5 N–H and O–H groups in total. The second-order valence-electron chi connectivity index (χ2n) is 4.44. The first-order chi connectivity index (χ1) is 9.95. The number of amidine groups is 1. The van der Waals surface area contributed by atoms with Gasteiger partial charge in [0, 0.05) is 7.05 Å². The van der Waals surface area contributed by atoms with Gasteiger partial charge < -0.3 is 21.4 Å². The number of oxime groups is 1. The van der Waals surface area contributed by atoms with Crippen LogP contribution in [0.15, 0.2) is 29.6 Å². The summed E-state index contributed by atoms with van der Waals surface area (Å²) in [7, 11) is 1.60. The lowest BCUT2D eigenvalue weighted by molar-refractivity contribution is 0.102. The smallest absolute Gasteiger partial charge is 0.260 e. The summed E-state index contributed by atoms with van der Waals surface area (Å²) in [5.41, 5.74) is 6.51. The van der Waals surface area contributed by atoms with Gasteiger partial charge >= 0.3 is 0 Å². The summed E-state index contributed by atoms with van der Waals surface area (Å²) in [5, 5.41) is 28.1. The molecule has 1 amide bonds. The van der Waals surface area contributed by atoms with Gasteiger partial charge in [0.2, 0.25) is 0 Å². The van der Waals surface area contributed by atoms with Crippen LogP contribution in [0.5, 0.6) is 5.75 Å². The number of carbonyl (C=O) groups is 1. The van der Waals surface area contributed by atoms with E-state index in [2.05, 4.69) is 15.6 Å². The fraction of sp³-hybridized carbons (Fsp3) is 0.154. The average Bonchev–Trinajstić information content (AvgIpc) is 2.82. The third kappa shape index (κ3) is 2.64. The molecule has 0 aliphatic heterocycles. The number of aromatic nitrogens is 2. The number of amides is 1. The Morgan fingerprint density at radius 2 is 2.14 bits per heavy atom. The third-order valence-corrected chi connectivity index (χ3v) is 3.04. The van der Waals surface area contributed by atoms with Crippen LogP contribution in [0.3, 0.4) is 0 Å². The van der Waals surface area contributed by atoms with E-state index in [-0.39, 0.29) is 28.5 Å². The number of aryl methyl sites for hydroxylation is 2. The molecular formula is C13H15N5O3. The number of nitrogens with two attached hydrogens (primary N) is 1. The fourth-order valence-electron chi connectivity index (χ4n) is 1.84. The fourth-order valence-corrected chi connectivity index (χ4v) is 1.84. The van der Waals surface area contributed by atoms with Crippen molar-refractivity contribution in [1.82, 2.24) is 9.78 Å². The van der Waals surface area contributed by atoms with Crippen LogP contribution in [0.4, 0.5) is 5.82 Å². The SMILES string of the molecule is Cc1cccc(C(=O)Nc2c(C(N)=NO)cnn2C)c1O. The Kier molecular flexibility index (Phi) is 3.79. The molecule has 8 heteroatoms. The molecule has 0 unspecified atom stereocenters. The van der Waals surface area contributed by atoms with E-state index < -0.39 is 5.91 Å². The number of hydrogen-bond acceptors (Lipinski definition) is 5. The number of para-hydroxylation sites is 1. The maximum absolute atomic E-state index is 12.2. The van der Waals surface area contributed by atoms with Crippen molar-refractivity contribution in [2.45, 2.75) is 6.92 Å². The Morgan fingerprint density at radius 1 is 1.43 bits per heavy atom. The largest absolute Gasteiger partial charge is 0.507 e. The molecule has 1 aromatic heterocycles. The van der Waals surface area contributed by atoms with Crippen molar-refractivity contribution >= 4 is 17.6 Å². The number of aromatic hydroxyl groups is 1. The molecule has 8 nitrogen and oxygen atoms in total. The van der Waals surface area contributed by atoms with Crippen LogP contribution in [0.2, 0.25) is 0 Å². The number of rotatable bonds is 3. The van der Waals surface area contributed by atoms with Crippen molar-refractivity contribution in [1.29, 1.82) is 0 Å². The molecule has 0 aliphatic rings. The molecule has 2 rings (SSSR count). The highest BCUT2D eigenvalue weighted by Crippen LogP contribution is 2.23. The molecule has 0 radical (unpaired) electrons. The van der Waals surface area contributed by atoms with Crippen LogP contribution in [-0.2, 0) is 7.05 Å². The molecule has 0 aliphatic carbocycles. The normalized spacial score (nSPS) is 11.4. The third-order valence-electron chi connectivity index (χ3n) is 3.04. The molecular weight excluding hydrogens is 274 g/mol. The van der Waals surface area contributed by atoms with Gasteiger partial charge in [0.1, 0.15) is 11.6 Å². The van der Waals surface area contributed by atoms with Crippen LogP contribution in [-0.4, -0.2) is 31.8 Å². The van der Waals surface area contributed by atoms with Crippen LogP contribution in [0.25, 0.3) is 0 Å². The standard InChI is InChI=1S/C13H15N5O3/c1-7-4-3-5-8(10(7)19)13(20)16-12-9(11(14)17-21)6-15-18(12)2/h3-6,19,21H,1-2H3,(H2,14,17)(H,16,20). The average molecular weight is 289 g/mol. The lowest BCUT2D eigenvalue weighted by Crippen LogP contribution is -2.20. The second-order valence-corrected chi connectivity index (χ2v) is 4.44. The lowest BCUT2D eigenvalue weighted by Gasteiger charge is -2.10. The highest BCUT2D eigenvalue weighted by Gasteiger charge is 2.18. The number of anilines is 1. The first kappa shape index (κ1) is 14.4. The van der Waals surface area contributed by atoms with Gasteiger partial charge in [-0.3, -0.25) is 9.48 Å². The zero-order valence-electron chi connectivity index (χ0n) is 11.5. The highest BCUT2D eigenvalue weighted by molar-refractivity contribution is 6.10. The van der Waals surface area contributed by atoms with E-state index in [0.29, 0.717) is 5.56 Å². The molecule has 0 atom stereocenters. The summed E-state index contributed by atoms with van der Waals surface area (Å²) in [6, 6.07) is 4.85. The van der Waals surface area contributed by atoms with Crippen LogP contribution in [0.1, 0.15) is 21.5 Å². The van der Waals surface area contributed by atoms with E-state index in [4.69, 9.17) is 10.9 Å². The minimum atomic E-state index is -0.521. The first-order valence-corrected chi connectivity index (χ1v) is 6.05. The Hall–Kier alpha value is -3.03. The van der Waals surface area contributed by atoms with E-state index in [1.807, 2.05) is 0 Å². The van der Waals surface area contributed by atoms with Crippen molar-refractivity contribution in [3.8, 4) is 5.75 Å². The van der Waals surface area contributed by atoms with Gasteiger partial charge in [-0.1, -0.05) is 17.3 Å². The summed E-state index contributed by atoms with van der Waals surface area (Å²) in [5.74, 6) is -0.530. The summed E-state index contributed by atoms with van der Waals surface area (Å²) < 4.78 is 1.37. The van der Waals surface area contributed by atoms with Gasteiger partial charge in [-0.15, -0.1) is 0 Å². The lowest BCUT2D eigenvalue weighted by atomic mass is 10.1. The van der Waals surface area contributed by atoms with Gasteiger partial charge in [0.15, 0.2) is 5.84 Å². The second kappa shape index (κ2) is 5.53. The number of carbonyl (C=O) groups excluding carboxylic acids is 1. The van der Waals surface area contributed by atoms with E-state index in [1.165, 1.54) is 16.9 Å².